The maximum absolute atomic E-state index is 0. The molecule has 0 saturated heterocycles. The molecule has 0 unspecified atom stereocenters. The molecule has 4 nitrogen and oxygen atoms in total. The molecule has 0 aromatic rings. The number of hydrogen-bond acceptors (Lipinski definition) is 0. The molecule has 7 heteroatoms. The number of rotatable bonds is 0. The zero-order chi connectivity index (χ0) is 0. The Morgan fingerprint density at radius 1 is 0.429 bits per heavy atom. The van der Waals surface area contributed by atoms with Gasteiger partial charge in [-0.3, -0.25) is 0 Å². The molecule has 0 aliphatic carbocycles. The summed E-state index contributed by atoms with van der Waals surface area (Å²) in [6.45, 7) is 0. The molecule has 0 rings (SSSR count). The molecular weight excluding hydrogens is 216 g/mol. The molecule has 0 N–H and O–H groups in total. The molecular formula is CaFe2O4. The van der Waals surface area contributed by atoms with Crippen molar-refractivity contribution in [2.24, 2.45) is 0 Å². The van der Waals surface area contributed by atoms with Crippen molar-refractivity contribution in [1.29, 1.82) is 0 Å². The van der Waals surface area contributed by atoms with Crippen LogP contribution < -0.4 is 0 Å². The van der Waals surface area contributed by atoms with E-state index in [1.807, 2.05) is 0 Å². The Morgan fingerprint density at radius 3 is 0.429 bits per heavy atom. The predicted molar refractivity (Wildman–Crippen MR) is 8.50 cm³/mol. The molecule has 0 atom stereocenters. The third-order valence-electron chi connectivity index (χ3n) is 0. The van der Waals surface area contributed by atoms with Gasteiger partial charge < -0.3 is 21.9 Å². The van der Waals surface area contributed by atoms with Crippen molar-refractivity contribution < 1.29 is 56.0 Å². The maximum Gasteiger partial charge on any atom is 3.00 e. The molecule has 42 valence electrons. The minimum absolute atomic E-state index is 0. The first-order valence-corrected chi connectivity index (χ1v) is 0. The quantitative estimate of drug-likeness (QED) is 0.468. The third kappa shape index (κ3) is 67.1. The topological polar surface area (TPSA) is 114 Å². The van der Waals surface area contributed by atoms with Crippen molar-refractivity contribution in [1.82, 2.24) is 0 Å². The van der Waals surface area contributed by atoms with E-state index in [9.17, 15) is 0 Å². The molecule has 0 aromatic carbocycles. The van der Waals surface area contributed by atoms with Gasteiger partial charge in [-0.05, 0) is 0 Å². The Hall–Kier alpha value is 2.14. The molecule has 0 saturated carbocycles. The van der Waals surface area contributed by atoms with Crippen molar-refractivity contribution in [3.05, 3.63) is 0 Å². The molecule has 0 aromatic heterocycles. The fourth-order valence-electron chi connectivity index (χ4n) is 0. The second-order valence-electron chi connectivity index (χ2n) is 0. The summed E-state index contributed by atoms with van der Waals surface area (Å²) in [5, 5.41) is 0. The molecule has 0 aliphatic rings. The molecule has 0 bridgehead atoms. The van der Waals surface area contributed by atoms with Crippen LogP contribution in [0.2, 0.25) is 0 Å². The van der Waals surface area contributed by atoms with Crippen LogP contribution in [0.25, 0.3) is 0 Å². The summed E-state index contributed by atoms with van der Waals surface area (Å²) in [5.41, 5.74) is 0. The molecule has 0 spiro atoms. The normalized spacial score (nSPS) is 0. The summed E-state index contributed by atoms with van der Waals surface area (Å²) in [6.07, 6.45) is 0. The first kappa shape index (κ1) is 132. The second-order valence-corrected chi connectivity index (χ2v) is 0. The van der Waals surface area contributed by atoms with Crippen molar-refractivity contribution >= 4 is 37.7 Å². The van der Waals surface area contributed by atoms with E-state index in [4.69, 9.17) is 0 Å². The third-order valence-corrected chi connectivity index (χ3v) is 0. The zero-order valence-electron chi connectivity index (χ0n) is 3.05. The smallest absolute Gasteiger partial charge is 2.00 e. The van der Waals surface area contributed by atoms with Gasteiger partial charge in [0, 0.05) is 0 Å². The maximum atomic E-state index is 0. The van der Waals surface area contributed by atoms with Crippen LogP contribution >= 0.6 is 0 Å². The standard InChI is InChI=1S/Ca.2Fe.4O/q+2;2*+3;4*-2. The Kier molecular flexibility index (Phi) is 1710. The number of hydrogen-bond donors (Lipinski definition) is 0. The van der Waals surface area contributed by atoms with Gasteiger partial charge in [-0.2, -0.15) is 0 Å². The minimum Gasteiger partial charge on any atom is -2.00 e. The predicted octanol–water partition coefficient (Wildman–Crippen LogP) is -0.861. The summed E-state index contributed by atoms with van der Waals surface area (Å²) >= 11 is 0. The summed E-state index contributed by atoms with van der Waals surface area (Å²) < 4.78 is 0. The van der Waals surface area contributed by atoms with E-state index in [2.05, 4.69) is 0 Å². The summed E-state index contributed by atoms with van der Waals surface area (Å²) in [4.78, 5) is 0. The van der Waals surface area contributed by atoms with Crippen LogP contribution in [0.4, 0.5) is 0 Å². The summed E-state index contributed by atoms with van der Waals surface area (Å²) in [6, 6.07) is 0. The Bertz CT molecular complexity index is 9.65. The van der Waals surface area contributed by atoms with Crippen LogP contribution in [-0.4, -0.2) is 37.7 Å². The Morgan fingerprint density at radius 2 is 0.429 bits per heavy atom. The van der Waals surface area contributed by atoms with Gasteiger partial charge >= 0.3 is 71.9 Å². The van der Waals surface area contributed by atoms with Crippen LogP contribution in [0.15, 0.2) is 0 Å². The summed E-state index contributed by atoms with van der Waals surface area (Å²) in [5.74, 6) is 0. The van der Waals surface area contributed by atoms with E-state index >= 15 is 0 Å². The molecule has 0 heterocycles. The van der Waals surface area contributed by atoms with E-state index in [1.54, 1.807) is 0 Å². The molecule has 0 aliphatic heterocycles. The van der Waals surface area contributed by atoms with Crippen LogP contribution in [0.3, 0.4) is 0 Å². The second kappa shape index (κ2) is 90.7. The Labute approximate surface area is 92.6 Å². The van der Waals surface area contributed by atoms with E-state index in [-0.39, 0.29) is 93.8 Å². The van der Waals surface area contributed by atoms with Crippen LogP contribution in [0.5, 0.6) is 0 Å². The van der Waals surface area contributed by atoms with Crippen molar-refractivity contribution in [2.75, 3.05) is 0 Å². The molecule has 2 radical (unpaired) electrons. The first-order valence-electron chi connectivity index (χ1n) is 0. The largest absolute Gasteiger partial charge is 3.00 e. The monoisotopic (exact) mass is 216 g/mol. The van der Waals surface area contributed by atoms with Gasteiger partial charge in [0.15, 0.2) is 0 Å². The van der Waals surface area contributed by atoms with Gasteiger partial charge in [0.2, 0.25) is 0 Å². The van der Waals surface area contributed by atoms with E-state index in [0.29, 0.717) is 0 Å². The van der Waals surface area contributed by atoms with Crippen LogP contribution in [0.1, 0.15) is 0 Å². The molecule has 0 amide bonds. The van der Waals surface area contributed by atoms with Gasteiger partial charge in [-0.25, -0.2) is 0 Å². The van der Waals surface area contributed by atoms with Crippen molar-refractivity contribution in [2.45, 2.75) is 0 Å². The molecule has 0 fully saturated rings. The SMILES string of the molecule is [Ca+2].[Fe+3].[Fe+3].[O-2].[O-2].[O-2].[O-2]. The van der Waals surface area contributed by atoms with E-state index < -0.39 is 0 Å². The molecule has 7 heavy (non-hydrogen) atoms. The van der Waals surface area contributed by atoms with Gasteiger partial charge in [-0.15, -0.1) is 0 Å². The average Bonchev–Trinajstić information content (AvgIpc) is 0. The average molecular weight is 216 g/mol. The Balaban J connectivity index is 0. The van der Waals surface area contributed by atoms with Gasteiger partial charge in [0.05, 0.1) is 0 Å². The zero-order valence-corrected chi connectivity index (χ0v) is 7.46. The minimum atomic E-state index is 0. The fraction of sp³-hybridized carbons (Fsp3) is 0. The summed E-state index contributed by atoms with van der Waals surface area (Å²) in [7, 11) is 0. The van der Waals surface area contributed by atoms with Gasteiger partial charge in [0.1, 0.15) is 0 Å². The van der Waals surface area contributed by atoms with Crippen LogP contribution in [0, 0.1) is 0 Å². The van der Waals surface area contributed by atoms with Gasteiger partial charge in [0.25, 0.3) is 0 Å². The van der Waals surface area contributed by atoms with Gasteiger partial charge in [-0.1, -0.05) is 0 Å². The van der Waals surface area contributed by atoms with E-state index in [1.165, 1.54) is 0 Å². The fourth-order valence-corrected chi connectivity index (χ4v) is 0. The van der Waals surface area contributed by atoms with E-state index in [0.717, 1.165) is 0 Å². The first-order chi connectivity index (χ1) is 0. The van der Waals surface area contributed by atoms with Crippen LogP contribution in [-0.2, 0) is 56.0 Å². The van der Waals surface area contributed by atoms with Crippen molar-refractivity contribution in [3.63, 3.8) is 0 Å². The van der Waals surface area contributed by atoms with Crippen molar-refractivity contribution in [3.8, 4) is 0 Å².